The minimum Gasteiger partial charge on any atom is -0.316 e. The molecule has 1 N–H and O–H groups in total. The highest BCUT2D eigenvalue weighted by Gasteiger charge is 2.30. The molecule has 3 nitrogen and oxygen atoms in total. The zero-order chi connectivity index (χ0) is 8.32. The minimum absolute atomic E-state index is 0.109. The molecule has 1 saturated heterocycles. The molecule has 0 spiro atoms. The van der Waals surface area contributed by atoms with Crippen LogP contribution in [0.4, 0.5) is 0 Å². The van der Waals surface area contributed by atoms with Gasteiger partial charge >= 0.3 is 0 Å². The van der Waals surface area contributed by atoms with E-state index in [9.17, 15) is 8.42 Å². The number of hydrogen-bond acceptors (Lipinski definition) is 3. The Balaban J connectivity index is 2.45. The fraction of sp³-hybridized carbons (Fsp3) is 1.00. The summed E-state index contributed by atoms with van der Waals surface area (Å²) in [6, 6.07) is 0. The molecule has 1 fully saturated rings. The molecule has 0 aromatic heterocycles. The quantitative estimate of drug-likeness (QED) is 0.668. The van der Waals surface area contributed by atoms with Crippen molar-refractivity contribution < 1.29 is 8.42 Å². The van der Waals surface area contributed by atoms with E-state index in [2.05, 4.69) is 5.32 Å². The van der Waals surface area contributed by atoms with Gasteiger partial charge in [-0.05, 0) is 19.4 Å². The topological polar surface area (TPSA) is 46.2 Å². The molecule has 0 radical (unpaired) electrons. The molecule has 1 unspecified atom stereocenters. The Hall–Kier alpha value is -0.0900. The average Bonchev–Trinajstić information content (AvgIpc) is 2.25. The lowest BCUT2D eigenvalue weighted by Crippen LogP contribution is -2.30. The maximum Gasteiger partial charge on any atom is 0.154 e. The maximum absolute atomic E-state index is 11.2. The maximum atomic E-state index is 11.2. The Morgan fingerprint density at radius 1 is 1.55 bits per heavy atom. The largest absolute Gasteiger partial charge is 0.316 e. The van der Waals surface area contributed by atoms with Crippen LogP contribution in [0, 0.1) is 0 Å². The molecular formula is C7H15NO2S. The van der Waals surface area contributed by atoms with Crippen molar-refractivity contribution in [3.8, 4) is 0 Å². The van der Waals surface area contributed by atoms with E-state index in [1.807, 2.05) is 6.92 Å². The second kappa shape index (κ2) is 3.54. The predicted octanol–water partition coefficient (Wildman–Crippen LogP) is 0.173. The Kier molecular flexibility index (Phi) is 2.90. The number of nitrogens with one attached hydrogen (secondary N) is 1. The first-order valence-corrected chi connectivity index (χ1v) is 5.80. The predicted molar refractivity (Wildman–Crippen MR) is 45.4 cm³/mol. The van der Waals surface area contributed by atoms with E-state index in [1.54, 1.807) is 0 Å². The lowest BCUT2D eigenvalue weighted by Gasteiger charge is -2.08. The number of hydrogen-bond donors (Lipinski definition) is 1. The van der Waals surface area contributed by atoms with E-state index >= 15 is 0 Å². The van der Waals surface area contributed by atoms with Gasteiger partial charge in [0.05, 0.1) is 11.0 Å². The van der Waals surface area contributed by atoms with Crippen molar-refractivity contribution in [2.45, 2.75) is 25.0 Å². The van der Waals surface area contributed by atoms with Gasteiger partial charge in [-0.25, -0.2) is 8.42 Å². The van der Waals surface area contributed by atoms with Gasteiger partial charge in [0.25, 0.3) is 0 Å². The third-order valence-corrected chi connectivity index (χ3v) is 4.36. The molecule has 1 aliphatic rings. The third-order valence-electron chi connectivity index (χ3n) is 2.08. The van der Waals surface area contributed by atoms with Crippen molar-refractivity contribution in [3.63, 3.8) is 0 Å². The van der Waals surface area contributed by atoms with Crippen molar-refractivity contribution >= 4 is 9.84 Å². The van der Waals surface area contributed by atoms with Gasteiger partial charge in [-0.15, -0.1) is 0 Å². The molecule has 0 bridgehead atoms. The molecule has 1 aliphatic heterocycles. The van der Waals surface area contributed by atoms with Crippen LogP contribution in [0.15, 0.2) is 0 Å². The Labute approximate surface area is 68.1 Å². The summed E-state index contributed by atoms with van der Waals surface area (Å²) in [5, 5.41) is 2.96. The fourth-order valence-corrected chi connectivity index (χ4v) is 3.19. The van der Waals surface area contributed by atoms with Crippen LogP contribution in [0.25, 0.3) is 0 Å². The third kappa shape index (κ3) is 2.17. The van der Waals surface area contributed by atoms with E-state index in [1.165, 1.54) is 0 Å². The van der Waals surface area contributed by atoms with Gasteiger partial charge < -0.3 is 5.32 Å². The summed E-state index contributed by atoms with van der Waals surface area (Å²) in [5.74, 6) is 0.392. The molecule has 0 amide bonds. The highest BCUT2D eigenvalue weighted by atomic mass is 32.2. The molecular weight excluding hydrogens is 162 g/mol. The second-order valence-corrected chi connectivity index (χ2v) is 5.34. The van der Waals surface area contributed by atoms with Gasteiger partial charge in [-0.1, -0.05) is 6.92 Å². The molecule has 66 valence electrons. The summed E-state index contributed by atoms with van der Waals surface area (Å²) >= 11 is 0. The molecule has 0 saturated carbocycles. The van der Waals surface area contributed by atoms with Crippen LogP contribution in [-0.2, 0) is 9.84 Å². The molecule has 1 rings (SSSR count). The van der Waals surface area contributed by atoms with Crippen molar-refractivity contribution in [2.24, 2.45) is 0 Å². The highest BCUT2D eigenvalue weighted by Crippen LogP contribution is 2.18. The van der Waals surface area contributed by atoms with Crippen LogP contribution in [-0.4, -0.2) is 32.5 Å². The first kappa shape index (κ1) is 9.00. The molecule has 0 aromatic carbocycles. The Morgan fingerprint density at radius 3 is 2.73 bits per heavy atom. The van der Waals surface area contributed by atoms with Crippen molar-refractivity contribution in [1.29, 1.82) is 0 Å². The van der Waals surface area contributed by atoms with Gasteiger partial charge in [0.1, 0.15) is 0 Å². The van der Waals surface area contributed by atoms with Gasteiger partial charge in [0.15, 0.2) is 9.84 Å². The van der Waals surface area contributed by atoms with Gasteiger partial charge in [-0.2, -0.15) is 0 Å². The van der Waals surface area contributed by atoms with Crippen LogP contribution in [0.3, 0.4) is 0 Å². The molecule has 1 heterocycles. The Morgan fingerprint density at radius 2 is 2.27 bits per heavy atom. The van der Waals surface area contributed by atoms with Crippen LogP contribution in [0.1, 0.15) is 19.8 Å². The zero-order valence-corrected chi connectivity index (χ0v) is 7.65. The highest BCUT2D eigenvalue weighted by molar-refractivity contribution is 7.92. The number of rotatable bonds is 3. The van der Waals surface area contributed by atoms with Crippen molar-refractivity contribution in [1.82, 2.24) is 5.32 Å². The van der Waals surface area contributed by atoms with Crippen molar-refractivity contribution in [3.05, 3.63) is 0 Å². The molecule has 11 heavy (non-hydrogen) atoms. The standard InChI is InChI=1S/C7H15NO2S/c1-2-8-6-7-4-3-5-11(7,9)10/h7-8H,2-6H2,1H3. The van der Waals surface area contributed by atoms with E-state index in [0.29, 0.717) is 12.3 Å². The average molecular weight is 177 g/mol. The summed E-state index contributed by atoms with van der Waals surface area (Å²) in [4.78, 5) is 0. The van der Waals surface area contributed by atoms with E-state index in [-0.39, 0.29) is 5.25 Å². The first-order chi connectivity index (χ1) is 5.17. The van der Waals surface area contributed by atoms with Gasteiger partial charge in [0.2, 0.25) is 0 Å². The summed E-state index contributed by atoms with van der Waals surface area (Å²) in [6.07, 6.45) is 1.69. The number of sulfone groups is 1. The monoisotopic (exact) mass is 177 g/mol. The smallest absolute Gasteiger partial charge is 0.154 e. The Bertz CT molecular complexity index is 210. The van der Waals surface area contributed by atoms with E-state index in [0.717, 1.165) is 19.4 Å². The van der Waals surface area contributed by atoms with Crippen LogP contribution in [0.5, 0.6) is 0 Å². The normalized spacial score (nSPS) is 29.0. The van der Waals surface area contributed by atoms with Gasteiger partial charge in [0, 0.05) is 6.54 Å². The van der Waals surface area contributed by atoms with Crippen LogP contribution < -0.4 is 5.32 Å². The molecule has 1 atom stereocenters. The summed E-state index contributed by atoms with van der Waals surface area (Å²) in [6.45, 7) is 3.48. The summed E-state index contributed by atoms with van der Waals surface area (Å²) in [7, 11) is -2.72. The first-order valence-electron chi connectivity index (χ1n) is 4.09. The van der Waals surface area contributed by atoms with E-state index < -0.39 is 9.84 Å². The summed E-state index contributed by atoms with van der Waals surface area (Å²) in [5.41, 5.74) is 0. The van der Waals surface area contributed by atoms with Crippen LogP contribution >= 0.6 is 0 Å². The fourth-order valence-electron chi connectivity index (χ4n) is 1.39. The minimum atomic E-state index is -2.72. The lowest BCUT2D eigenvalue weighted by atomic mass is 10.2. The SMILES string of the molecule is CCNCC1CCCS1(=O)=O. The summed E-state index contributed by atoms with van der Waals surface area (Å²) < 4.78 is 22.5. The lowest BCUT2D eigenvalue weighted by molar-refractivity contribution is 0.578. The van der Waals surface area contributed by atoms with E-state index in [4.69, 9.17) is 0 Å². The molecule has 0 aliphatic carbocycles. The van der Waals surface area contributed by atoms with Crippen molar-refractivity contribution in [2.75, 3.05) is 18.8 Å². The molecule has 4 heteroatoms. The molecule has 0 aromatic rings. The second-order valence-electron chi connectivity index (χ2n) is 2.94. The van der Waals surface area contributed by atoms with Gasteiger partial charge in [-0.3, -0.25) is 0 Å². The zero-order valence-electron chi connectivity index (χ0n) is 6.84. The van der Waals surface area contributed by atoms with Crippen LogP contribution in [0.2, 0.25) is 0 Å².